The van der Waals surface area contributed by atoms with Crippen molar-refractivity contribution >= 4 is 11.9 Å². The molecular formula is C7H13N5O. The van der Waals surface area contributed by atoms with Gasteiger partial charge >= 0.3 is 0 Å². The number of carbonyl (C=O) groups is 1. The second kappa shape index (κ2) is 3.88. The largest absolute Gasteiger partial charge is 0.367 e. The molecule has 0 atom stereocenters. The van der Waals surface area contributed by atoms with E-state index >= 15 is 0 Å². The van der Waals surface area contributed by atoms with E-state index in [0.717, 1.165) is 0 Å². The highest BCUT2D eigenvalue weighted by atomic mass is 16.1. The quantitative estimate of drug-likeness (QED) is 0.597. The fourth-order valence-corrected chi connectivity index (χ4v) is 0.764. The topological polar surface area (TPSA) is 96.7 Å². The van der Waals surface area contributed by atoms with E-state index in [-0.39, 0.29) is 17.8 Å². The van der Waals surface area contributed by atoms with Gasteiger partial charge in [-0.25, -0.2) is 0 Å². The normalized spacial score (nSPS) is 10.4. The predicted octanol–water partition coefficient (Wildman–Crippen LogP) is -0.341. The Morgan fingerprint density at radius 3 is 2.85 bits per heavy atom. The Morgan fingerprint density at radius 1 is 1.69 bits per heavy atom. The number of H-pyrrole nitrogens is 1. The fraction of sp³-hybridized carbons (Fsp3) is 0.571. The summed E-state index contributed by atoms with van der Waals surface area (Å²) in [6.07, 6.45) is 0. The number of aromatic amines is 1. The third kappa shape index (κ3) is 2.73. The Morgan fingerprint density at radius 2 is 2.38 bits per heavy atom. The number of nitrogens with zero attached hydrogens (tertiary/aromatic N) is 2. The third-order valence-corrected chi connectivity index (χ3v) is 1.50. The van der Waals surface area contributed by atoms with Crippen molar-refractivity contribution in [1.29, 1.82) is 0 Å². The van der Waals surface area contributed by atoms with Crippen molar-refractivity contribution in [2.45, 2.75) is 20.4 Å². The van der Waals surface area contributed by atoms with Gasteiger partial charge in [0.15, 0.2) is 0 Å². The summed E-state index contributed by atoms with van der Waals surface area (Å²) in [4.78, 5) is 15.0. The molecule has 0 aromatic carbocycles. The molecule has 6 heteroatoms. The molecule has 1 rings (SSSR count). The monoisotopic (exact) mass is 183 g/mol. The van der Waals surface area contributed by atoms with Crippen molar-refractivity contribution < 1.29 is 4.79 Å². The molecule has 0 spiro atoms. The van der Waals surface area contributed by atoms with E-state index < -0.39 is 0 Å². The number of carbonyl (C=O) groups excluding carboxylic acids is 1. The fourth-order valence-electron chi connectivity index (χ4n) is 0.764. The van der Waals surface area contributed by atoms with Gasteiger partial charge in [-0.15, -0.1) is 5.10 Å². The summed E-state index contributed by atoms with van der Waals surface area (Å²) in [6, 6.07) is 0. The first-order valence-electron chi connectivity index (χ1n) is 4.04. The number of anilines is 1. The first-order valence-corrected chi connectivity index (χ1v) is 4.04. The minimum atomic E-state index is -0.0275. The average Bonchev–Trinajstić information content (AvgIpc) is 2.47. The number of amides is 1. The lowest BCUT2D eigenvalue weighted by Crippen LogP contribution is -2.27. The lowest BCUT2D eigenvalue weighted by Gasteiger charge is -2.04. The second-order valence-electron chi connectivity index (χ2n) is 3.01. The zero-order chi connectivity index (χ0) is 9.84. The molecule has 1 heterocycles. The number of nitrogen functional groups attached to an aromatic ring is 1. The maximum atomic E-state index is 11.1. The highest BCUT2D eigenvalue weighted by molar-refractivity contribution is 5.77. The second-order valence-corrected chi connectivity index (χ2v) is 3.01. The highest BCUT2D eigenvalue weighted by Gasteiger charge is 2.07. The van der Waals surface area contributed by atoms with E-state index in [1.54, 1.807) is 0 Å². The van der Waals surface area contributed by atoms with Crippen LogP contribution >= 0.6 is 0 Å². The van der Waals surface area contributed by atoms with Crippen LogP contribution < -0.4 is 11.1 Å². The highest BCUT2D eigenvalue weighted by Crippen LogP contribution is 1.94. The Labute approximate surface area is 75.9 Å². The molecule has 0 aliphatic carbocycles. The first kappa shape index (κ1) is 9.50. The van der Waals surface area contributed by atoms with Crippen LogP contribution in [0.2, 0.25) is 0 Å². The van der Waals surface area contributed by atoms with Gasteiger partial charge in [0.2, 0.25) is 11.9 Å². The van der Waals surface area contributed by atoms with Crippen LogP contribution in [0.5, 0.6) is 0 Å². The van der Waals surface area contributed by atoms with Gasteiger partial charge in [-0.3, -0.25) is 9.89 Å². The van der Waals surface area contributed by atoms with Gasteiger partial charge in [-0.2, -0.15) is 4.98 Å². The van der Waals surface area contributed by atoms with Crippen molar-refractivity contribution in [2.24, 2.45) is 5.92 Å². The maximum Gasteiger partial charge on any atom is 0.239 e. The molecule has 0 bridgehead atoms. The van der Waals surface area contributed by atoms with Gasteiger partial charge in [0.1, 0.15) is 5.82 Å². The van der Waals surface area contributed by atoms with Crippen LogP contribution in [0, 0.1) is 5.92 Å². The standard InChI is InChI=1S/C7H13N5O/c1-4(2)6(13)9-3-5-10-7(8)12-11-5/h4H,3H2,1-2H3,(H,9,13)(H3,8,10,11,12). The first-order chi connectivity index (χ1) is 6.09. The molecule has 0 fully saturated rings. The summed E-state index contributed by atoms with van der Waals surface area (Å²) in [6.45, 7) is 3.98. The van der Waals surface area contributed by atoms with E-state index in [0.29, 0.717) is 12.4 Å². The number of hydrogen-bond acceptors (Lipinski definition) is 4. The zero-order valence-electron chi connectivity index (χ0n) is 7.66. The molecule has 1 aromatic rings. The molecule has 0 saturated heterocycles. The molecule has 1 aromatic heterocycles. The Hall–Kier alpha value is -1.59. The van der Waals surface area contributed by atoms with Crippen LogP contribution in [0.4, 0.5) is 5.95 Å². The molecule has 1 amide bonds. The zero-order valence-corrected chi connectivity index (χ0v) is 7.66. The lowest BCUT2D eigenvalue weighted by molar-refractivity contribution is -0.124. The van der Waals surface area contributed by atoms with Crippen LogP contribution in [0.3, 0.4) is 0 Å². The van der Waals surface area contributed by atoms with Gasteiger partial charge in [0.05, 0.1) is 6.54 Å². The minimum Gasteiger partial charge on any atom is -0.367 e. The molecule has 0 aliphatic heterocycles. The summed E-state index contributed by atoms with van der Waals surface area (Å²) in [5, 5.41) is 8.91. The maximum absolute atomic E-state index is 11.1. The van der Waals surface area contributed by atoms with Crippen LogP contribution in [0.1, 0.15) is 19.7 Å². The average molecular weight is 183 g/mol. The molecule has 4 N–H and O–H groups in total. The number of hydrogen-bond donors (Lipinski definition) is 3. The van der Waals surface area contributed by atoms with Crippen LogP contribution in [0.15, 0.2) is 0 Å². The summed E-state index contributed by atoms with van der Waals surface area (Å²) in [5.74, 6) is 0.704. The SMILES string of the molecule is CC(C)C(=O)NCc1nc(N)n[nH]1. The third-order valence-electron chi connectivity index (χ3n) is 1.50. The van der Waals surface area contributed by atoms with Crippen molar-refractivity contribution in [1.82, 2.24) is 20.5 Å². The summed E-state index contributed by atoms with van der Waals surface area (Å²) < 4.78 is 0. The van der Waals surface area contributed by atoms with E-state index in [1.165, 1.54) is 0 Å². The molecule has 6 nitrogen and oxygen atoms in total. The van der Waals surface area contributed by atoms with Gasteiger partial charge in [-0.05, 0) is 0 Å². The van der Waals surface area contributed by atoms with E-state index in [2.05, 4.69) is 20.5 Å². The molecule has 0 unspecified atom stereocenters. The van der Waals surface area contributed by atoms with Crippen LogP contribution in [-0.4, -0.2) is 21.1 Å². The van der Waals surface area contributed by atoms with E-state index in [9.17, 15) is 4.79 Å². The van der Waals surface area contributed by atoms with Gasteiger partial charge in [0, 0.05) is 5.92 Å². The number of nitrogens with one attached hydrogen (secondary N) is 2. The summed E-state index contributed by atoms with van der Waals surface area (Å²) in [7, 11) is 0. The predicted molar refractivity (Wildman–Crippen MR) is 47.5 cm³/mol. The molecular weight excluding hydrogens is 170 g/mol. The van der Waals surface area contributed by atoms with Crippen molar-refractivity contribution in [3.05, 3.63) is 5.82 Å². The van der Waals surface area contributed by atoms with E-state index in [4.69, 9.17) is 5.73 Å². The summed E-state index contributed by atoms with van der Waals surface area (Å²) in [5.41, 5.74) is 5.28. The van der Waals surface area contributed by atoms with Crippen LogP contribution in [-0.2, 0) is 11.3 Å². The number of aromatic nitrogens is 3. The van der Waals surface area contributed by atoms with Crippen molar-refractivity contribution in [3.63, 3.8) is 0 Å². The molecule has 0 aliphatic rings. The number of nitrogens with two attached hydrogens (primary N) is 1. The van der Waals surface area contributed by atoms with E-state index in [1.807, 2.05) is 13.8 Å². The Kier molecular flexibility index (Phi) is 2.84. The van der Waals surface area contributed by atoms with Crippen molar-refractivity contribution in [3.8, 4) is 0 Å². The van der Waals surface area contributed by atoms with Crippen LogP contribution in [0.25, 0.3) is 0 Å². The molecule has 13 heavy (non-hydrogen) atoms. The lowest BCUT2D eigenvalue weighted by atomic mass is 10.2. The van der Waals surface area contributed by atoms with Gasteiger partial charge in [-0.1, -0.05) is 13.8 Å². The smallest absolute Gasteiger partial charge is 0.239 e. The minimum absolute atomic E-state index is 0.0185. The molecule has 0 saturated carbocycles. The Balaban J connectivity index is 2.39. The molecule has 0 radical (unpaired) electrons. The number of rotatable bonds is 3. The summed E-state index contributed by atoms with van der Waals surface area (Å²) >= 11 is 0. The van der Waals surface area contributed by atoms with Crippen molar-refractivity contribution in [2.75, 3.05) is 5.73 Å². The van der Waals surface area contributed by atoms with Gasteiger partial charge < -0.3 is 11.1 Å². The Bertz CT molecular complexity index is 293. The molecule has 72 valence electrons. The van der Waals surface area contributed by atoms with Gasteiger partial charge in [0.25, 0.3) is 0 Å².